The number of carbonyl (C=O) groups excluding carboxylic acids is 2. The predicted molar refractivity (Wildman–Crippen MR) is 76.9 cm³/mol. The van der Waals surface area contributed by atoms with E-state index in [1.807, 2.05) is 0 Å². The van der Waals surface area contributed by atoms with Gasteiger partial charge in [-0.05, 0) is 31.2 Å². The summed E-state index contributed by atoms with van der Waals surface area (Å²) in [6.45, 7) is 1.46. The Bertz CT molecular complexity index is 663. The Morgan fingerprint density at radius 1 is 1.20 bits per heavy atom. The molecule has 1 aromatic carbocycles. The molecule has 0 aliphatic rings. The average Bonchev–Trinajstić information content (AvgIpc) is 2.91. The predicted octanol–water partition coefficient (Wildman–Crippen LogP) is 2.92. The van der Waals surface area contributed by atoms with Gasteiger partial charge < -0.3 is 15.2 Å². The number of rotatable bonds is 4. The number of methoxy groups -OCH3 is 1. The summed E-state index contributed by atoms with van der Waals surface area (Å²) in [6, 6.07) is 7.75. The summed E-state index contributed by atoms with van der Waals surface area (Å²) in [4.78, 5) is 24.2. The highest BCUT2D eigenvalue weighted by atomic mass is 32.1. The first-order chi connectivity index (χ1) is 9.51. The van der Waals surface area contributed by atoms with Crippen molar-refractivity contribution in [1.29, 1.82) is 0 Å². The molecular formula is C14H13NO4S. The zero-order chi connectivity index (χ0) is 14.7. The fraction of sp³-hybridized carbons (Fsp3) is 0.143. The van der Waals surface area contributed by atoms with Crippen LogP contribution in [0.2, 0.25) is 0 Å². The quantitative estimate of drug-likeness (QED) is 0.671. The highest BCUT2D eigenvalue weighted by molar-refractivity contribution is 7.16. The Labute approximate surface area is 119 Å². The topological polar surface area (TPSA) is 75.6 Å². The fourth-order valence-corrected chi connectivity index (χ4v) is 2.39. The molecule has 0 spiro atoms. The Morgan fingerprint density at radius 3 is 2.50 bits per heavy atom. The van der Waals surface area contributed by atoms with Crippen molar-refractivity contribution < 1.29 is 19.4 Å². The van der Waals surface area contributed by atoms with E-state index in [4.69, 9.17) is 4.74 Å². The average molecular weight is 291 g/mol. The number of hydrogen-bond acceptors (Lipinski definition) is 5. The smallest absolute Gasteiger partial charge is 0.265 e. The van der Waals surface area contributed by atoms with Crippen LogP contribution in [0.3, 0.4) is 0 Å². The molecule has 2 N–H and O–H groups in total. The van der Waals surface area contributed by atoms with Gasteiger partial charge in [0.05, 0.1) is 16.9 Å². The molecule has 6 heteroatoms. The van der Waals surface area contributed by atoms with E-state index in [0.29, 0.717) is 15.4 Å². The Hall–Kier alpha value is -2.34. The third kappa shape index (κ3) is 2.97. The van der Waals surface area contributed by atoms with E-state index in [-0.39, 0.29) is 23.2 Å². The lowest BCUT2D eigenvalue weighted by molar-refractivity contribution is 0.101. The van der Waals surface area contributed by atoms with E-state index in [0.717, 1.165) is 11.3 Å². The van der Waals surface area contributed by atoms with Crippen molar-refractivity contribution in [3.05, 3.63) is 40.1 Å². The highest BCUT2D eigenvalue weighted by Gasteiger charge is 2.12. The van der Waals surface area contributed by atoms with Crippen molar-refractivity contribution in [3.8, 4) is 11.5 Å². The molecule has 0 fully saturated rings. The number of ether oxygens (including phenoxy) is 1. The maximum absolute atomic E-state index is 12.0. The molecule has 1 amide bonds. The van der Waals surface area contributed by atoms with E-state index >= 15 is 0 Å². The molecule has 1 aromatic heterocycles. The van der Waals surface area contributed by atoms with Crippen molar-refractivity contribution in [2.45, 2.75) is 6.92 Å². The lowest BCUT2D eigenvalue weighted by atomic mass is 10.2. The minimum absolute atomic E-state index is 0.000452. The van der Waals surface area contributed by atoms with E-state index < -0.39 is 0 Å². The fourth-order valence-electron chi connectivity index (χ4n) is 1.60. The van der Waals surface area contributed by atoms with Crippen LogP contribution >= 0.6 is 11.3 Å². The van der Waals surface area contributed by atoms with E-state index in [1.54, 1.807) is 18.2 Å². The van der Waals surface area contributed by atoms with Crippen LogP contribution in [0.15, 0.2) is 30.3 Å². The van der Waals surface area contributed by atoms with Crippen LogP contribution in [-0.4, -0.2) is 23.9 Å². The lowest BCUT2D eigenvalue weighted by Gasteiger charge is -2.07. The highest BCUT2D eigenvalue weighted by Crippen LogP contribution is 2.29. The summed E-state index contributed by atoms with van der Waals surface area (Å²) >= 11 is 1.14. The number of carbonyl (C=O) groups is 2. The molecule has 5 nitrogen and oxygen atoms in total. The number of hydrogen-bond donors (Lipinski definition) is 2. The van der Waals surface area contributed by atoms with Gasteiger partial charge in [0.15, 0.2) is 17.3 Å². The standard InChI is InChI=1S/C14H13NO4S/c1-8(16)12-5-6-13(20-12)14(18)15-9-3-4-10(17)11(7-9)19-2/h3-7,17H,1-2H3,(H,15,18). The lowest BCUT2D eigenvalue weighted by Crippen LogP contribution is -2.10. The number of amides is 1. The number of Topliss-reactive ketones (excluding diaryl/α,β-unsaturated/α-hetero) is 1. The number of benzene rings is 1. The van der Waals surface area contributed by atoms with Gasteiger partial charge in [0, 0.05) is 11.8 Å². The first-order valence-corrected chi connectivity index (χ1v) is 6.62. The number of phenols is 1. The molecule has 0 aliphatic carbocycles. The van der Waals surface area contributed by atoms with Gasteiger partial charge in [-0.3, -0.25) is 9.59 Å². The summed E-state index contributed by atoms with van der Waals surface area (Å²) in [5, 5.41) is 12.2. The molecule has 0 saturated carbocycles. The van der Waals surface area contributed by atoms with Crippen LogP contribution in [0.5, 0.6) is 11.5 Å². The summed E-state index contributed by atoms with van der Waals surface area (Å²) in [7, 11) is 1.43. The molecule has 0 atom stereocenters. The third-order valence-electron chi connectivity index (χ3n) is 2.61. The molecule has 2 aromatic rings. The number of phenolic OH excluding ortho intramolecular Hbond substituents is 1. The van der Waals surface area contributed by atoms with Gasteiger partial charge in [0.2, 0.25) is 0 Å². The van der Waals surface area contributed by atoms with E-state index in [9.17, 15) is 14.7 Å². The summed E-state index contributed by atoms with van der Waals surface area (Å²) in [5.74, 6) is -0.102. The maximum Gasteiger partial charge on any atom is 0.265 e. The number of nitrogens with one attached hydrogen (secondary N) is 1. The molecule has 2 rings (SSSR count). The van der Waals surface area contributed by atoms with Crippen molar-refractivity contribution in [2.75, 3.05) is 12.4 Å². The molecule has 104 valence electrons. The number of aromatic hydroxyl groups is 1. The number of anilines is 1. The first kappa shape index (κ1) is 14.1. The van der Waals surface area contributed by atoms with Crippen LogP contribution in [0.25, 0.3) is 0 Å². The molecular weight excluding hydrogens is 278 g/mol. The molecule has 0 saturated heterocycles. The van der Waals surface area contributed by atoms with E-state index in [2.05, 4.69) is 5.32 Å². The second kappa shape index (κ2) is 5.75. The van der Waals surface area contributed by atoms with Gasteiger partial charge >= 0.3 is 0 Å². The van der Waals surface area contributed by atoms with Gasteiger partial charge in [-0.25, -0.2) is 0 Å². The van der Waals surface area contributed by atoms with Crippen LogP contribution in [0.1, 0.15) is 26.3 Å². The molecule has 0 unspecified atom stereocenters. The maximum atomic E-state index is 12.0. The second-order valence-corrected chi connectivity index (χ2v) is 5.14. The van der Waals surface area contributed by atoms with Crippen LogP contribution in [0.4, 0.5) is 5.69 Å². The Balaban J connectivity index is 2.16. The normalized spacial score (nSPS) is 10.1. The zero-order valence-electron chi connectivity index (χ0n) is 11.0. The van der Waals surface area contributed by atoms with E-state index in [1.165, 1.54) is 26.2 Å². The molecule has 0 aliphatic heterocycles. The SMILES string of the molecule is COc1cc(NC(=O)c2ccc(C(C)=O)s2)ccc1O. The number of ketones is 1. The summed E-state index contributed by atoms with van der Waals surface area (Å²) in [6.07, 6.45) is 0. The van der Waals surface area contributed by atoms with Gasteiger partial charge in [0.25, 0.3) is 5.91 Å². The minimum Gasteiger partial charge on any atom is -0.504 e. The summed E-state index contributed by atoms with van der Waals surface area (Å²) < 4.78 is 4.97. The van der Waals surface area contributed by atoms with Crippen LogP contribution in [0, 0.1) is 0 Å². The van der Waals surface area contributed by atoms with Gasteiger partial charge in [-0.1, -0.05) is 0 Å². The first-order valence-electron chi connectivity index (χ1n) is 5.80. The zero-order valence-corrected chi connectivity index (χ0v) is 11.8. The Kier molecular flexibility index (Phi) is 4.05. The monoisotopic (exact) mass is 291 g/mol. The minimum atomic E-state index is -0.310. The van der Waals surface area contributed by atoms with Gasteiger partial charge in [-0.15, -0.1) is 11.3 Å². The molecule has 0 radical (unpaired) electrons. The third-order valence-corrected chi connectivity index (χ3v) is 3.80. The van der Waals surface area contributed by atoms with Crippen molar-refractivity contribution >= 4 is 28.7 Å². The van der Waals surface area contributed by atoms with Crippen molar-refractivity contribution in [2.24, 2.45) is 0 Å². The Morgan fingerprint density at radius 2 is 1.90 bits per heavy atom. The molecule has 0 bridgehead atoms. The molecule has 20 heavy (non-hydrogen) atoms. The van der Waals surface area contributed by atoms with Crippen molar-refractivity contribution in [3.63, 3.8) is 0 Å². The second-order valence-electron chi connectivity index (χ2n) is 4.06. The summed E-state index contributed by atoms with van der Waals surface area (Å²) in [5.41, 5.74) is 0.502. The number of thiophene rings is 1. The van der Waals surface area contributed by atoms with Crippen LogP contribution in [-0.2, 0) is 0 Å². The van der Waals surface area contributed by atoms with Crippen molar-refractivity contribution in [1.82, 2.24) is 0 Å². The van der Waals surface area contributed by atoms with Crippen LogP contribution < -0.4 is 10.1 Å². The van der Waals surface area contributed by atoms with Gasteiger partial charge in [0.1, 0.15) is 0 Å². The largest absolute Gasteiger partial charge is 0.504 e. The van der Waals surface area contributed by atoms with Gasteiger partial charge in [-0.2, -0.15) is 0 Å². The molecule has 1 heterocycles.